The Morgan fingerprint density at radius 2 is 2.21 bits per heavy atom. The molecule has 102 valence electrons. The highest BCUT2D eigenvalue weighted by Crippen LogP contribution is 2.29. The van der Waals surface area contributed by atoms with Crippen molar-refractivity contribution in [2.24, 2.45) is 0 Å². The largest absolute Gasteiger partial charge is 0.459 e. The molecule has 1 amide bonds. The third-order valence-corrected chi connectivity index (χ3v) is 3.88. The lowest BCUT2D eigenvalue weighted by Crippen LogP contribution is -2.29. The number of nitrogens with zero attached hydrogens (tertiary/aromatic N) is 2. The number of furan rings is 1. The summed E-state index contributed by atoms with van der Waals surface area (Å²) in [5, 5.41) is 9.57. The predicted molar refractivity (Wildman–Crippen MR) is 73.3 cm³/mol. The Morgan fingerprint density at radius 1 is 1.47 bits per heavy atom. The van der Waals surface area contributed by atoms with Crippen molar-refractivity contribution in [2.45, 2.75) is 13.8 Å². The lowest BCUT2D eigenvalue weighted by molar-refractivity contribution is 0.0771. The minimum absolute atomic E-state index is 0.0513. The zero-order valence-corrected chi connectivity index (χ0v) is 12.0. The third kappa shape index (κ3) is 2.85. The van der Waals surface area contributed by atoms with Crippen molar-refractivity contribution in [3.05, 3.63) is 28.5 Å². The normalized spacial score (nSPS) is 10.7. The summed E-state index contributed by atoms with van der Waals surface area (Å²) in [4.78, 5) is 18.6. The van der Waals surface area contributed by atoms with Crippen molar-refractivity contribution < 1.29 is 14.3 Å². The fraction of sp³-hybridized carbons (Fsp3) is 0.385. The van der Waals surface area contributed by atoms with Gasteiger partial charge in [0.05, 0.1) is 12.3 Å². The molecule has 0 aromatic carbocycles. The zero-order chi connectivity index (χ0) is 14.0. The van der Waals surface area contributed by atoms with E-state index in [1.54, 1.807) is 14.0 Å². The fourth-order valence-electron chi connectivity index (χ4n) is 1.67. The number of aliphatic hydroxyl groups is 1. The number of aryl methyl sites for hydroxylation is 2. The average Bonchev–Trinajstić information content (AvgIpc) is 2.95. The zero-order valence-electron chi connectivity index (χ0n) is 11.1. The molecule has 2 aromatic rings. The van der Waals surface area contributed by atoms with Crippen LogP contribution in [0.25, 0.3) is 10.8 Å². The van der Waals surface area contributed by atoms with E-state index in [0.29, 0.717) is 27.9 Å². The van der Waals surface area contributed by atoms with Gasteiger partial charge in [-0.25, -0.2) is 4.98 Å². The molecule has 0 aliphatic heterocycles. The molecule has 0 saturated heterocycles. The number of aromatic nitrogens is 1. The molecule has 0 fully saturated rings. The van der Waals surface area contributed by atoms with Gasteiger partial charge in [-0.1, -0.05) is 0 Å². The maximum atomic E-state index is 12.2. The van der Waals surface area contributed by atoms with Gasteiger partial charge in [-0.05, 0) is 26.0 Å². The second-order valence-corrected chi connectivity index (χ2v) is 5.29. The molecule has 0 saturated carbocycles. The Labute approximate surface area is 115 Å². The highest BCUT2D eigenvalue weighted by atomic mass is 32.1. The molecule has 19 heavy (non-hydrogen) atoms. The van der Waals surface area contributed by atoms with Gasteiger partial charge < -0.3 is 14.4 Å². The maximum Gasteiger partial charge on any atom is 0.265 e. The Balaban J connectivity index is 2.29. The van der Waals surface area contributed by atoms with E-state index in [4.69, 9.17) is 9.52 Å². The van der Waals surface area contributed by atoms with Gasteiger partial charge in [0, 0.05) is 13.6 Å². The van der Waals surface area contributed by atoms with Crippen LogP contribution in [0.2, 0.25) is 0 Å². The molecule has 0 bridgehead atoms. The summed E-state index contributed by atoms with van der Waals surface area (Å²) in [5.74, 6) is 1.36. The quantitative estimate of drug-likeness (QED) is 0.931. The Bertz CT molecular complexity index is 588. The highest BCUT2D eigenvalue weighted by Gasteiger charge is 2.20. The van der Waals surface area contributed by atoms with Crippen LogP contribution in [-0.4, -0.2) is 41.1 Å². The molecule has 0 atom stereocenters. The molecule has 0 unspecified atom stereocenters. The van der Waals surface area contributed by atoms with E-state index >= 15 is 0 Å². The molecule has 2 heterocycles. The molecule has 0 aliphatic carbocycles. The second kappa shape index (κ2) is 5.54. The summed E-state index contributed by atoms with van der Waals surface area (Å²) in [6.45, 7) is 3.93. The van der Waals surface area contributed by atoms with Crippen LogP contribution in [0.1, 0.15) is 21.1 Å². The molecule has 6 heteroatoms. The second-order valence-electron chi connectivity index (χ2n) is 4.29. The minimum Gasteiger partial charge on any atom is -0.459 e. The van der Waals surface area contributed by atoms with E-state index < -0.39 is 0 Å². The molecule has 0 radical (unpaired) electrons. The van der Waals surface area contributed by atoms with Gasteiger partial charge in [0.2, 0.25) is 0 Å². The standard InChI is InChI=1S/C13H16N2O3S/c1-8-4-5-10(18-8)12-14-9(2)11(19-12)13(17)15(3)6-7-16/h4-5,16H,6-7H2,1-3H3. The molecule has 2 rings (SSSR count). The Kier molecular flexibility index (Phi) is 4.01. The SMILES string of the molecule is Cc1ccc(-c2nc(C)c(C(=O)N(C)CCO)s2)o1. The van der Waals surface area contributed by atoms with Gasteiger partial charge in [-0.2, -0.15) is 0 Å². The van der Waals surface area contributed by atoms with Gasteiger partial charge in [-0.3, -0.25) is 4.79 Å². The number of likely N-dealkylation sites (N-methyl/N-ethyl adjacent to an activating group) is 1. The molecule has 5 nitrogen and oxygen atoms in total. The van der Waals surface area contributed by atoms with Gasteiger partial charge in [0.1, 0.15) is 10.6 Å². The summed E-state index contributed by atoms with van der Waals surface area (Å²) >= 11 is 1.31. The van der Waals surface area contributed by atoms with Crippen LogP contribution in [0, 0.1) is 13.8 Å². The predicted octanol–water partition coefficient (Wildman–Crippen LogP) is 2.08. The van der Waals surface area contributed by atoms with Crippen molar-refractivity contribution in [2.75, 3.05) is 20.2 Å². The number of hydrogen-bond donors (Lipinski definition) is 1. The van der Waals surface area contributed by atoms with Crippen molar-refractivity contribution >= 4 is 17.2 Å². The molecule has 0 spiro atoms. The fourth-order valence-corrected chi connectivity index (χ4v) is 2.70. The van der Waals surface area contributed by atoms with Crippen LogP contribution in [0.15, 0.2) is 16.5 Å². The van der Waals surface area contributed by atoms with Crippen LogP contribution in [0.4, 0.5) is 0 Å². The Morgan fingerprint density at radius 3 is 2.79 bits per heavy atom. The summed E-state index contributed by atoms with van der Waals surface area (Å²) in [6, 6.07) is 3.71. The smallest absolute Gasteiger partial charge is 0.265 e. The van der Waals surface area contributed by atoms with Gasteiger partial charge in [0.15, 0.2) is 10.8 Å². The average molecular weight is 280 g/mol. The van der Waals surface area contributed by atoms with Gasteiger partial charge in [-0.15, -0.1) is 11.3 Å². The van der Waals surface area contributed by atoms with Gasteiger partial charge in [0.25, 0.3) is 5.91 Å². The molecule has 2 aromatic heterocycles. The monoisotopic (exact) mass is 280 g/mol. The van der Waals surface area contributed by atoms with E-state index in [9.17, 15) is 4.79 Å². The summed E-state index contributed by atoms with van der Waals surface area (Å²) in [5.41, 5.74) is 0.684. The first-order valence-electron chi connectivity index (χ1n) is 5.93. The minimum atomic E-state index is -0.126. The van der Waals surface area contributed by atoms with Crippen molar-refractivity contribution in [1.29, 1.82) is 0 Å². The Hall–Kier alpha value is -1.66. The van der Waals surface area contributed by atoms with E-state index in [1.165, 1.54) is 16.2 Å². The lowest BCUT2D eigenvalue weighted by Gasteiger charge is -2.14. The first-order valence-corrected chi connectivity index (χ1v) is 6.75. The number of rotatable bonds is 4. The van der Waals surface area contributed by atoms with Crippen LogP contribution in [0.5, 0.6) is 0 Å². The van der Waals surface area contributed by atoms with Gasteiger partial charge >= 0.3 is 0 Å². The summed E-state index contributed by atoms with van der Waals surface area (Å²) in [6.07, 6.45) is 0. The highest BCUT2D eigenvalue weighted by molar-refractivity contribution is 7.17. The number of carbonyl (C=O) groups excluding carboxylic acids is 1. The van der Waals surface area contributed by atoms with E-state index in [1.807, 2.05) is 19.1 Å². The summed E-state index contributed by atoms with van der Waals surface area (Å²) < 4.78 is 5.51. The molecule has 0 aliphatic rings. The number of carbonyl (C=O) groups is 1. The van der Waals surface area contributed by atoms with Crippen molar-refractivity contribution in [1.82, 2.24) is 9.88 Å². The molecule has 1 N–H and O–H groups in total. The van der Waals surface area contributed by atoms with Crippen molar-refractivity contribution in [3.63, 3.8) is 0 Å². The van der Waals surface area contributed by atoms with Crippen molar-refractivity contribution in [3.8, 4) is 10.8 Å². The maximum absolute atomic E-state index is 12.2. The lowest BCUT2D eigenvalue weighted by atomic mass is 10.3. The number of amides is 1. The number of hydrogen-bond acceptors (Lipinski definition) is 5. The first kappa shape index (κ1) is 13.8. The van der Waals surface area contributed by atoms with Crippen LogP contribution < -0.4 is 0 Å². The first-order chi connectivity index (χ1) is 9.02. The number of thiazole rings is 1. The third-order valence-electron chi connectivity index (χ3n) is 2.72. The van der Waals surface area contributed by atoms with E-state index in [0.717, 1.165) is 5.76 Å². The topological polar surface area (TPSA) is 66.6 Å². The number of aliphatic hydroxyl groups excluding tert-OH is 1. The summed E-state index contributed by atoms with van der Waals surface area (Å²) in [7, 11) is 1.66. The van der Waals surface area contributed by atoms with E-state index in [-0.39, 0.29) is 12.5 Å². The van der Waals surface area contributed by atoms with E-state index in [2.05, 4.69) is 4.98 Å². The van der Waals surface area contributed by atoms with Crippen LogP contribution >= 0.6 is 11.3 Å². The molecular weight excluding hydrogens is 264 g/mol. The van der Waals surface area contributed by atoms with Crippen LogP contribution in [-0.2, 0) is 0 Å². The molecular formula is C13H16N2O3S. The van der Waals surface area contributed by atoms with Crippen LogP contribution in [0.3, 0.4) is 0 Å².